The normalized spacial score (nSPS) is 22.3. The van der Waals surface area contributed by atoms with Crippen LogP contribution in [0.4, 0.5) is 0 Å². The third-order valence-corrected chi connectivity index (χ3v) is 4.91. The van der Waals surface area contributed by atoms with Crippen LogP contribution in [0.3, 0.4) is 0 Å². The molecule has 1 aliphatic heterocycles. The predicted octanol–water partition coefficient (Wildman–Crippen LogP) is 1.34. The van der Waals surface area contributed by atoms with Gasteiger partial charge in [-0.1, -0.05) is 6.07 Å². The highest BCUT2D eigenvalue weighted by atomic mass is 32.2. The lowest BCUT2D eigenvalue weighted by molar-refractivity contribution is -0.147. The van der Waals surface area contributed by atoms with Gasteiger partial charge in [-0.2, -0.15) is 0 Å². The number of aliphatic carboxylic acids is 1. The van der Waals surface area contributed by atoms with E-state index < -0.39 is 11.5 Å². The monoisotopic (exact) mass is 301 g/mol. The van der Waals surface area contributed by atoms with Crippen molar-refractivity contribution < 1.29 is 19.4 Å². The maximum atomic E-state index is 11.8. The molecule has 0 aliphatic carbocycles. The van der Waals surface area contributed by atoms with E-state index in [0.29, 0.717) is 13.0 Å². The van der Waals surface area contributed by atoms with Crippen molar-refractivity contribution in [2.24, 2.45) is 0 Å². The second-order valence-corrected chi connectivity index (χ2v) is 6.33. The number of thiophene rings is 1. The quantitative estimate of drug-likeness (QED) is 0.829. The minimum atomic E-state index is -1.24. The fraction of sp³-hybridized carbons (Fsp3) is 0.500. The molecule has 1 amide bonds. The molecule has 0 radical (unpaired) electrons. The lowest BCUT2D eigenvalue weighted by atomic mass is 9.99. The summed E-state index contributed by atoms with van der Waals surface area (Å²) in [5.74, 6) is -0.259. The molecule has 0 spiro atoms. The Labute approximate surface area is 119 Å². The molecular formula is C12H15NO4S2. The molecule has 0 saturated carbocycles. The zero-order valence-corrected chi connectivity index (χ0v) is 11.9. The van der Waals surface area contributed by atoms with Crippen LogP contribution in [0.5, 0.6) is 0 Å². The molecule has 1 atom stereocenters. The van der Waals surface area contributed by atoms with Gasteiger partial charge >= 0.3 is 5.97 Å². The van der Waals surface area contributed by atoms with Crippen LogP contribution in [-0.2, 0) is 20.1 Å². The number of amides is 1. The summed E-state index contributed by atoms with van der Waals surface area (Å²) < 4.78 is 5.09. The van der Waals surface area contributed by atoms with Crippen molar-refractivity contribution >= 4 is 35.0 Å². The van der Waals surface area contributed by atoms with E-state index >= 15 is 0 Å². The van der Waals surface area contributed by atoms with E-state index in [-0.39, 0.29) is 18.3 Å². The van der Waals surface area contributed by atoms with Crippen LogP contribution in [0.15, 0.2) is 17.5 Å². The fourth-order valence-corrected chi connectivity index (χ4v) is 3.50. The maximum Gasteiger partial charge on any atom is 0.331 e. The first-order chi connectivity index (χ1) is 9.12. The van der Waals surface area contributed by atoms with Gasteiger partial charge < -0.3 is 15.2 Å². The lowest BCUT2D eigenvalue weighted by Gasteiger charge is -2.23. The Hall–Kier alpha value is -1.05. The second-order valence-electron chi connectivity index (χ2n) is 4.31. The van der Waals surface area contributed by atoms with Gasteiger partial charge in [0, 0.05) is 23.7 Å². The number of hydrogen-bond donors (Lipinski definition) is 2. The largest absolute Gasteiger partial charge is 0.479 e. The Morgan fingerprint density at radius 3 is 3.00 bits per heavy atom. The third-order valence-electron chi connectivity index (χ3n) is 2.87. The van der Waals surface area contributed by atoms with E-state index in [1.807, 2.05) is 17.5 Å². The summed E-state index contributed by atoms with van der Waals surface area (Å²) in [6, 6.07) is 3.98. The molecule has 2 N–H and O–H groups in total. The smallest absolute Gasteiger partial charge is 0.331 e. The van der Waals surface area contributed by atoms with Crippen LogP contribution in [0, 0.1) is 0 Å². The number of nitrogens with one attached hydrogen (secondary N) is 1. The van der Waals surface area contributed by atoms with E-state index in [2.05, 4.69) is 5.32 Å². The van der Waals surface area contributed by atoms with Gasteiger partial charge in [0.25, 0.3) is 0 Å². The van der Waals surface area contributed by atoms with E-state index in [9.17, 15) is 14.7 Å². The molecule has 1 aromatic rings. The highest BCUT2D eigenvalue weighted by Gasteiger charge is 2.43. The van der Waals surface area contributed by atoms with Crippen molar-refractivity contribution in [3.05, 3.63) is 22.4 Å². The third kappa shape index (κ3) is 3.71. The average Bonchev–Trinajstić information content (AvgIpc) is 3.00. The van der Waals surface area contributed by atoms with E-state index in [1.54, 1.807) is 11.3 Å². The number of carbonyl (C=O) groups excluding carboxylic acids is 1. The highest BCUT2D eigenvalue weighted by molar-refractivity contribution is 7.99. The Morgan fingerprint density at radius 1 is 1.58 bits per heavy atom. The molecule has 19 heavy (non-hydrogen) atoms. The van der Waals surface area contributed by atoms with Gasteiger partial charge in [-0.3, -0.25) is 4.79 Å². The minimum Gasteiger partial charge on any atom is -0.479 e. The number of thioether (sulfide) groups is 1. The van der Waals surface area contributed by atoms with Crippen molar-refractivity contribution in [2.45, 2.75) is 17.7 Å². The molecule has 7 heteroatoms. The second kappa shape index (κ2) is 6.40. The number of ether oxygens (including phenoxy) is 1. The molecule has 2 heterocycles. The van der Waals surface area contributed by atoms with Gasteiger partial charge in [-0.15, -0.1) is 23.1 Å². The molecule has 1 fully saturated rings. The van der Waals surface area contributed by atoms with Crippen LogP contribution in [0.25, 0.3) is 0 Å². The molecule has 1 aromatic heterocycles. The summed E-state index contributed by atoms with van der Waals surface area (Å²) in [5.41, 5.74) is -1.24. The topological polar surface area (TPSA) is 75.6 Å². The van der Waals surface area contributed by atoms with E-state index in [0.717, 1.165) is 5.75 Å². The zero-order chi connectivity index (χ0) is 13.7. The number of rotatable bonds is 6. The Kier molecular flexibility index (Phi) is 4.84. The van der Waals surface area contributed by atoms with Crippen LogP contribution in [-0.4, -0.2) is 41.5 Å². The van der Waals surface area contributed by atoms with Gasteiger partial charge in [0.05, 0.1) is 12.4 Å². The summed E-state index contributed by atoms with van der Waals surface area (Å²) in [5, 5.41) is 13.8. The minimum absolute atomic E-state index is 0.0453. The Bertz CT molecular complexity index is 441. The summed E-state index contributed by atoms with van der Waals surface area (Å²) in [7, 11) is 0. The first-order valence-corrected chi connectivity index (χ1v) is 7.88. The number of carbonyl (C=O) groups is 2. The molecule has 2 rings (SSSR count). The van der Waals surface area contributed by atoms with Crippen molar-refractivity contribution in [3.63, 3.8) is 0 Å². The van der Waals surface area contributed by atoms with Gasteiger partial charge in [0.15, 0.2) is 5.54 Å². The van der Waals surface area contributed by atoms with Gasteiger partial charge in [0.1, 0.15) is 0 Å². The summed E-state index contributed by atoms with van der Waals surface area (Å²) in [4.78, 5) is 24.2. The molecule has 0 bridgehead atoms. The van der Waals surface area contributed by atoms with Crippen LogP contribution < -0.4 is 5.32 Å². The number of carboxylic acid groups (broad SMARTS) is 1. The van der Waals surface area contributed by atoms with E-state index in [4.69, 9.17) is 4.74 Å². The summed E-state index contributed by atoms with van der Waals surface area (Å²) in [6.45, 7) is 0.415. The zero-order valence-electron chi connectivity index (χ0n) is 10.3. The van der Waals surface area contributed by atoms with Gasteiger partial charge in [-0.05, 0) is 11.4 Å². The molecule has 1 aliphatic rings. The van der Waals surface area contributed by atoms with Gasteiger partial charge in [-0.25, -0.2) is 4.79 Å². The number of carboxylic acids is 1. The fourth-order valence-electron chi connectivity index (χ4n) is 1.83. The molecule has 1 unspecified atom stereocenters. The first kappa shape index (κ1) is 14.4. The highest BCUT2D eigenvalue weighted by Crippen LogP contribution is 2.20. The maximum absolute atomic E-state index is 11.8. The molecule has 5 nitrogen and oxygen atoms in total. The lowest BCUT2D eigenvalue weighted by Crippen LogP contribution is -2.55. The summed E-state index contributed by atoms with van der Waals surface area (Å²) in [6.07, 6.45) is 0.323. The molecule has 0 aromatic carbocycles. The SMILES string of the molecule is O=C(CSCc1cccs1)NC1(C(=O)O)CCOC1. The van der Waals surface area contributed by atoms with Crippen LogP contribution in [0.1, 0.15) is 11.3 Å². The van der Waals surface area contributed by atoms with Crippen LogP contribution >= 0.6 is 23.1 Å². The van der Waals surface area contributed by atoms with E-state index in [1.165, 1.54) is 16.6 Å². The van der Waals surface area contributed by atoms with Crippen molar-refractivity contribution in [2.75, 3.05) is 19.0 Å². The molecular weight excluding hydrogens is 286 g/mol. The summed E-state index contributed by atoms with van der Waals surface area (Å²) >= 11 is 3.12. The Morgan fingerprint density at radius 2 is 2.42 bits per heavy atom. The standard InChI is InChI=1S/C12H15NO4S2/c14-10(7-18-6-9-2-1-5-19-9)13-12(11(15)16)3-4-17-8-12/h1-2,5H,3-4,6-8H2,(H,13,14)(H,15,16). The number of hydrogen-bond acceptors (Lipinski definition) is 5. The first-order valence-electron chi connectivity index (χ1n) is 5.85. The van der Waals surface area contributed by atoms with Crippen LogP contribution in [0.2, 0.25) is 0 Å². The molecule has 1 saturated heterocycles. The predicted molar refractivity (Wildman–Crippen MR) is 74.4 cm³/mol. The van der Waals surface area contributed by atoms with Crippen molar-refractivity contribution in [1.82, 2.24) is 5.32 Å². The van der Waals surface area contributed by atoms with Crippen molar-refractivity contribution in [3.8, 4) is 0 Å². The average molecular weight is 301 g/mol. The Balaban J connectivity index is 1.78. The van der Waals surface area contributed by atoms with Crippen molar-refractivity contribution in [1.29, 1.82) is 0 Å². The van der Waals surface area contributed by atoms with Gasteiger partial charge in [0.2, 0.25) is 5.91 Å². The molecule has 104 valence electrons.